The van der Waals surface area contributed by atoms with Crippen LogP contribution in [0, 0.1) is 5.82 Å². The van der Waals surface area contributed by atoms with Crippen LogP contribution in [-0.2, 0) is 0 Å². The molecule has 9 heteroatoms. The number of aromatic nitrogens is 1. The third-order valence-electron chi connectivity index (χ3n) is 3.28. The van der Waals surface area contributed by atoms with Crippen LogP contribution in [0.15, 0.2) is 62.8 Å². The number of H-pyrrole nitrogens is 1. The highest BCUT2D eigenvalue weighted by Crippen LogP contribution is 2.25. The number of nitrogens with one attached hydrogen (secondary N) is 1. The highest BCUT2D eigenvalue weighted by Gasteiger charge is 2.30. The lowest BCUT2D eigenvalue weighted by Crippen LogP contribution is -2.16. The Kier molecular flexibility index (Phi) is 4.61. The van der Waals surface area contributed by atoms with Crippen LogP contribution in [0.4, 0.5) is 23.2 Å². The molecule has 3 aromatic rings. The first-order valence-electron chi connectivity index (χ1n) is 7.19. The first kappa shape index (κ1) is 17.5. The number of ether oxygens (including phenoxy) is 1. The normalized spacial score (nSPS) is 11.8. The molecule has 1 heterocycles. The Hall–Kier alpha value is -3.36. The number of rotatable bonds is 4. The molecule has 2 aromatic carbocycles. The number of halogens is 4. The molecule has 0 saturated carbocycles. The molecule has 134 valence electrons. The van der Waals surface area contributed by atoms with Crippen LogP contribution < -0.4 is 10.4 Å². The molecular weight excluding hydrogens is 356 g/mol. The van der Waals surface area contributed by atoms with Crippen molar-refractivity contribution < 1.29 is 26.8 Å². The summed E-state index contributed by atoms with van der Waals surface area (Å²) in [6.45, 7) is 0. The summed E-state index contributed by atoms with van der Waals surface area (Å²) in [6.07, 6.45) is -3.57. The van der Waals surface area contributed by atoms with E-state index in [2.05, 4.69) is 14.9 Å². The lowest BCUT2D eigenvalue weighted by atomic mass is 10.1. The lowest BCUT2D eigenvalue weighted by Gasteiger charge is -2.08. The Morgan fingerprint density at radius 3 is 2.31 bits per heavy atom. The van der Waals surface area contributed by atoms with Gasteiger partial charge in [-0.1, -0.05) is 0 Å². The monoisotopic (exact) mass is 366 g/mol. The van der Waals surface area contributed by atoms with E-state index in [1.54, 1.807) is 0 Å². The van der Waals surface area contributed by atoms with E-state index in [1.165, 1.54) is 42.6 Å². The Morgan fingerprint density at radius 2 is 1.69 bits per heavy atom. The van der Waals surface area contributed by atoms with Crippen LogP contribution in [-0.4, -0.2) is 17.7 Å². The molecule has 0 unspecified atom stereocenters. The zero-order valence-corrected chi connectivity index (χ0v) is 12.9. The molecule has 0 bridgehead atoms. The van der Waals surface area contributed by atoms with E-state index in [-0.39, 0.29) is 11.3 Å². The second-order valence-corrected chi connectivity index (χ2v) is 5.09. The number of benzene rings is 2. The second kappa shape index (κ2) is 6.87. The maximum Gasteiger partial charge on any atom is 0.573 e. The summed E-state index contributed by atoms with van der Waals surface area (Å²) >= 11 is 0. The molecule has 0 atom stereocenters. The SMILES string of the molecule is O=c1o[nH]c(-c2ccc(F)cc2)c1C=Nc1ccc(OC(F)(F)F)cc1. The van der Waals surface area contributed by atoms with Crippen molar-refractivity contribution in [3.8, 4) is 17.0 Å². The third kappa shape index (κ3) is 4.18. The Bertz CT molecular complexity index is 971. The first-order valence-corrected chi connectivity index (χ1v) is 7.19. The molecule has 0 amide bonds. The number of hydrogen-bond donors (Lipinski definition) is 1. The van der Waals surface area contributed by atoms with Crippen molar-refractivity contribution in [1.82, 2.24) is 5.16 Å². The fraction of sp³-hybridized carbons (Fsp3) is 0.0588. The predicted molar refractivity (Wildman–Crippen MR) is 85.1 cm³/mol. The Labute approximate surface area is 143 Å². The van der Waals surface area contributed by atoms with E-state index in [0.717, 1.165) is 12.1 Å². The Balaban J connectivity index is 1.84. The highest BCUT2D eigenvalue weighted by atomic mass is 19.4. The van der Waals surface area contributed by atoms with E-state index < -0.39 is 17.8 Å². The molecule has 0 radical (unpaired) electrons. The van der Waals surface area contributed by atoms with Crippen LogP contribution in [0.3, 0.4) is 0 Å². The predicted octanol–water partition coefficient (Wildman–Crippen LogP) is 4.42. The number of hydrogen-bond acceptors (Lipinski definition) is 4. The summed E-state index contributed by atoms with van der Waals surface area (Å²) in [4.78, 5) is 15.8. The summed E-state index contributed by atoms with van der Waals surface area (Å²) in [5.41, 5.74) is 0.505. The molecule has 0 aliphatic carbocycles. The minimum Gasteiger partial charge on any atom is -0.406 e. The zero-order chi connectivity index (χ0) is 18.7. The van der Waals surface area contributed by atoms with Gasteiger partial charge in [0.05, 0.1) is 11.4 Å². The molecule has 0 saturated heterocycles. The van der Waals surface area contributed by atoms with Gasteiger partial charge in [-0.3, -0.25) is 4.99 Å². The quantitative estimate of drug-likeness (QED) is 0.549. The van der Waals surface area contributed by atoms with Crippen LogP contribution in [0.5, 0.6) is 5.75 Å². The molecular formula is C17H10F4N2O3. The van der Waals surface area contributed by atoms with Crippen LogP contribution in [0.1, 0.15) is 5.56 Å². The van der Waals surface area contributed by atoms with Crippen LogP contribution >= 0.6 is 0 Å². The first-order chi connectivity index (χ1) is 12.3. The van der Waals surface area contributed by atoms with Gasteiger partial charge in [-0.15, -0.1) is 13.2 Å². The molecule has 26 heavy (non-hydrogen) atoms. The number of nitrogens with zero attached hydrogens (tertiary/aromatic N) is 1. The van der Waals surface area contributed by atoms with E-state index in [1.807, 2.05) is 0 Å². The number of aliphatic imine (C=N–C) groups is 1. The number of alkyl halides is 3. The van der Waals surface area contributed by atoms with E-state index in [9.17, 15) is 22.4 Å². The second-order valence-electron chi connectivity index (χ2n) is 5.09. The largest absolute Gasteiger partial charge is 0.573 e. The smallest absolute Gasteiger partial charge is 0.406 e. The summed E-state index contributed by atoms with van der Waals surface area (Å²) in [6, 6.07) is 10.1. The lowest BCUT2D eigenvalue weighted by molar-refractivity contribution is -0.274. The summed E-state index contributed by atoms with van der Waals surface area (Å²) in [5.74, 6) is -0.819. The number of aromatic amines is 1. The van der Waals surface area contributed by atoms with Gasteiger partial charge >= 0.3 is 12.0 Å². The van der Waals surface area contributed by atoms with Crippen LogP contribution in [0.25, 0.3) is 11.3 Å². The van der Waals surface area contributed by atoms with E-state index >= 15 is 0 Å². The van der Waals surface area contributed by atoms with Gasteiger partial charge in [0, 0.05) is 11.8 Å². The van der Waals surface area contributed by atoms with Gasteiger partial charge in [-0.2, -0.15) is 0 Å². The summed E-state index contributed by atoms with van der Waals surface area (Å²) in [7, 11) is 0. The van der Waals surface area contributed by atoms with Crippen molar-refractivity contribution in [2.45, 2.75) is 6.36 Å². The van der Waals surface area contributed by atoms with Gasteiger partial charge in [-0.25, -0.2) is 14.3 Å². The summed E-state index contributed by atoms with van der Waals surface area (Å²) in [5, 5.41) is 2.43. The molecule has 0 aliphatic heterocycles. The topological polar surface area (TPSA) is 67.6 Å². The molecule has 0 spiro atoms. The minimum atomic E-state index is -4.78. The summed E-state index contributed by atoms with van der Waals surface area (Å²) < 4.78 is 57.9. The van der Waals surface area contributed by atoms with E-state index in [4.69, 9.17) is 4.52 Å². The van der Waals surface area contributed by atoms with Crippen molar-refractivity contribution in [2.75, 3.05) is 0 Å². The van der Waals surface area contributed by atoms with Gasteiger partial charge in [-0.05, 0) is 48.5 Å². The van der Waals surface area contributed by atoms with Gasteiger partial charge < -0.3 is 9.26 Å². The van der Waals surface area contributed by atoms with Crippen molar-refractivity contribution >= 4 is 11.9 Å². The van der Waals surface area contributed by atoms with E-state index in [0.29, 0.717) is 16.9 Å². The van der Waals surface area contributed by atoms with Crippen molar-refractivity contribution in [1.29, 1.82) is 0 Å². The van der Waals surface area contributed by atoms with Crippen LogP contribution in [0.2, 0.25) is 0 Å². The molecule has 0 aliphatic rings. The van der Waals surface area contributed by atoms with Gasteiger partial charge in [0.15, 0.2) is 0 Å². The standard InChI is InChI=1S/C17H10F4N2O3/c18-11-3-1-10(2-4-11)15-14(16(24)26-23-15)9-22-12-5-7-13(8-6-12)25-17(19,20)21/h1-9,23H. The highest BCUT2D eigenvalue weighted by molar-refractivity contribution is 5.89. The molecule has 1 aromatic heterocycles. The van der Waals surface area contributed by atoms with Gasteiger partial charge in [0.1, 0.15) is 17.1 Å². The minimum absolute atomic E-state index is 0.0900. The molecule has 1 N–H and O–H groups in total. The zero-order valence-electron chi connectivity index (χ0n) is 12.9. The van der Waals surface area contributed by atoms with Gasteiger partial charge in [0.25, 0.3) is 0 Å². The van der Waals surface area contributed by atoms with Crippen molar-refractivity contribution in [3.63, 3.8) is 0 Å². The molecule has 3 rings (SSSR count). The molecule has 5 nitrogen and oxygen atoms in total. The maximum absolute atomic E-state index is 13.0. The molecule has 0 fully saturated rings. The average molecular weight is 366 g/mol. The average Bonchev–Trinajstić information content (AvgIpc) is 2.94. The van der Waals surface area contributed by atoms with Gasteiger partial charge in [0.2, 0.25) is 0 Å². The fourth-order valence-corrected chi connectivity index (χ4v) is 2.13. The third-order valence-corrected chi connectivity index (χ3v) is 3.28. The van der Waals surface area contributed by atoms with Crippen molar-refractivity contribution in [3.05, 3.63) is 70.3 Å². The Morgan fingerprint density at radius 1 is 1.04 bits per heavy atom. The van der Waals surface area contributed by atoms with Crippen molar-refractivity contribution in [2.24, 2.45) is 4.99 Å². The maximum atomic E-state index is 13.0. The fourth-order valence-electron chi connectivity index (χ4n) is 2.13.